The molecule has 1 heteroatoms. The van der Waals surface area contributed by atoms with Gasteiger partial charge in [-0.25, -0.2) is 4.98 Å². The molecule has 1 nitrogen and oxygen atoms in total. The Morgan fingerprint density at radius 2 is 1.33 bits per heavy atom. The summed E-state index contributed by atoms with van der Waals surface area (Å²) in [7, 11) is 0. The fourth-order valence-corrected chi connectivity index (χ4v) is 1.18. The maximum absolute atomic E-state index is 3.19. The van der Waals surface area contributed by atoms with Crippen LogP contribution in [-0.4, -0.2) is 0 Å². The quantitative estimate of drug-likeness (QED) is 0.638. The van der Waals surface area contributed by atoms with Gasteiger partial charge in [-0.15, -0.1) is 0 Å². The molecule has 0 amide bonds. The van der Waals surface area contributed by atoms with Gasteiger partial charge in [-0.3, -0.25) is 0 Å². The number of nitrogens with one attached hydrogen (secondary N) is 1. The molecule has 0 bridgehead atoms. The van der Waals surface area contributed by atoms with Crippen LogP contribution in [0.2, 0.25) is 0 Å². The molecule has 1 aromatic rings. The molecular formula is C11H18N+. The van der Waals surface area contributed by atoms with E-state index in [4.69, 9.17) is 0 Å². The predicted octanol–water partition coefficient (Wildman–Crippen LogP) is 2.75. The average Bonchev–Trinajstić information content (AvgIpc) is 2.04. The van der Waals surface area contributed by atoms with E-state index < -0.39 is 0 Å². The number of pyridine rings is 1. The molecule has 0 fully saturated rings. The van der Waals surface area contributed by atoms with E-state index in [-0.39, 0.29) is 0 Å². The van der Waals surface area contributed by atoms with Gasteiger partial charge in [0.1, 0.15) is 0 Å². The van der Waals surface area contributed by atoms with E-state index in [1.54, 1.807) is 0 Å². The fourth-order valence-electron chi connectivity index (χ4n) is 1.18. The van der Waals surface area contributed by atoms with Crippen LogP contribution in [0.1, 0.15) is 50.7 Å². The summed E-state index contributed by atoms with van der Waals surface area (Å²) in [6.45, 7) is 8.86. The second-order valence-electron chi connectivity index (χ2n) is 3.91. The summed E-state index contributed by atoms with van der Waals surface area (Å²) >= 11 is 0. The van der Waals surface area contributed by atoms with Crippen molar-refractivity contribution in [1.29, 1.82) is 0 Å². The van der Waals surface area contributed by atoms with E-state index in [0.717, 1.165) is 0 Å². The van der Waals surface area contributed by atoms with Crippen LogP contribution in [0, 0.1) is 0 Å². The van der Waals surface area contributed by atoms with Crippen LogP contribution in [0.3, 0.4) is 0 Å². The number of aromatic amines is 1. The normalized spacial score (nSPS) is 11.2. The molecule has 1 aromatic heterocycles. The lowest BCUT2D eigenvalue weighted by molar-refractivity contribution is -0.379. The van der Waals surface area contributed by atoms with Crippen LogP contribution >= 0.6 is 0 Å². The molecular weight excluding hydrogens is 146 g/mol. The van der Waals surface area contributed by atoms with Crippen molar-refractivity contribution in [2.75, 3.05) is 0 Å². The third-order valence-electron chi connectivity index (χ3n) is 2.17. The van der Waals surface area contributed by atoms with Gasteiger partial charge < -0.3 is 0 Å². The molecule has 1 rings (SSSR count). The summed E-state index contributed by atoms with van der Waals surface area (Å²) in [6.07, 6.45) is 4.16. The van der Waals surface area contributed by atoms with Gasteiger partial charge in [0, 0.05) is 11.1 Å². The molecule has 0 aliphatic carbocycles. The van der Waals surface area contributed by atoms with Crippen LogP contribution in [0.4, 0.5) is 0 Å². The van der Waals surface area contributed by atoms with E-state index in [0.29, 0.717) is 11.8 Å². The number of H-pyrrole nitrogens is 1. The van der Waals surface area contributed by atoms with Gasteiger partial charge in [0.15, 0.2) is 12.4 Å². The summed E-state index contributed by atoms with van der Waals surface area (Å²) < 4.78 is 0. The minimum Gasteiger partial charge on any atom is -0.217 e. The van der Waals surface area contributed by atoms with Gasteiger partial charge in [-0.1, -0.05) is 27.7 Å². The number of aromatic nitrogens is 1. The Hall–Kier alpha value is -0.850. The highest BCUT2D eigenvalue weighted by Gasteiger charge is 2.06. The molecule has 0 spiro atoms. The van der Waals surface area contributed by atoms with Crippen LogP contribution in [-0.2, 0) is 0 Å². The minimum absolute atomic E-state index is 0.611. The predicted molar refractivity (Wildman–Crippen MR) is 51.2 cm³/mol. The molecule has 0 aliphatic heterocycles. The van der Waals surface area contributed by atoms with E-state index in [2.05, 4.69) is 51.1 Å². The zero-order valence-electron chi connectivity index (χ0n) is 8.39. The molecule has 0 aromatic carbocycles. The summed E-state index contributed by atoms with van der Waals surface area (Å²) in [5.74, 6) is 1.22. The maximum Gasteiger partial charge on any atom is 0.170 e. The van der Waals surface area contributed by atoms with Crippen LogP contribution in [0.25, 0.3) is 0 Å². The Morgan fingerprint density at radius 1 is 0.917 bits per heavy atom. The van der Waals surface area contributed by atoms with Gasteiger partial charge in [0.2, 0.25) is 0 Å². The molecule has 0 atom stereocenters. The highest BCUT2D eigenvalue weighted by atomic mass is 14.6. The average molecular weight is 164 g/mol. The van der Waals surface area contributed by atoms with E-state index in [1.807, 2.05) is 0 Å². The molecule has 0 radical (unpaired) electrons. The van der Waals surface area contributed by atoms with Crippen molar-refractivity contribution in [1.82, 2.24) is 0 Å². The lowest BCUT2D eigenvalue weighted by Crippen LogP contribution is -2.06. The van der Waals surface area contributed by atoms with Crippen molar-refractivity contribution < 1.29 is 4.98 Å². The zero-order chi connectivity index (χ0) is 9.14. The van der Waals surface area contributed by atoms with Gasteiger partial charge in [0.05, 0.1) is 0 Å². The summed E-state index contributed by atoms with van der Waals surface area (Å²) in [5, 5.41) is 0. The van der Waals surface area contributed by atoms with Crippen molar-refractivity contribution in [3.05, 3.63) is 29.6 Å². The highest BCUT2D eigenvalue weighted by Crippen LogP contribution is 2.17. The zero-order valence-corrected chi connectivity index (χ0v) is 8.39. The molecule has 12 heavy (non-hydrogen) atoms. The molecule has 0 saturated heterocycles. The van der Waals surface area contributed by atoms with Crippen molar-refractivity contribution in [2.24, 2.45) is 0 Å². The Balaban J connectivity index is 2.96. The van der Waals surface area contributed by atoms with E-state index in [9.17, 15) is 0 Å². The van der Waals surface area contributed by atoms with Crippen molar-refractivity contribution in [2.45, 2.75) is 39.5 Å². The first-order valence-corrected chi connectivity index (χ1v) is 4.62. The molecule has 66 valence electrons. The third kappa shape index (κ3) is 2.07. The van der Waals surface area contributed by atoms with Gasteiger partial charge in [-0.2, -0.15) is 0 Å². The van der Waals surface area contributed by atoms with Crippen LogP contribution < -0.4 is 4.98 Å². The second kappa shape index (κ2) is 3.70. The van der Waals surface area contributed by atoms with Gasteiger partial charge in [-0.05, 0) is 17.9 Å². The monoisotopic (exact) mass is 164 g/mol. The molecule has 0 aliphatic rings. The Morgan fingerprint density at radius 3 is 1.67 bits per heavy atom. The maximum atomic E-state index is 3.19. The number of hydrogen-bond donors (Lipinski definition) is 0. The Labute approximate surface area is 74.8 Å². The lowest BCUT2D eigenvalue weighted by atomic mass is 9.99. The van der Waals surface area contributed by atoms with Crippen LogP contribution in [0.5, 0.6) is 0 Å². The van der Waals surface area contributed by atoms with Crippen LogP contribution in [0.15, 0.2) is 18.5 Å². The standard InChI is InChI=1S/C11H17N/c1-8(2)10-5-11(9(3)4)7-12-6-10/h5-9H,1-4H3/p+1. The van der Waals surface area contributed by atoms with Gasteiger partial charge >= 0.3 is 0 Å². The van der Waals surface area contributed by atoms with Crippen molar-refractivity contribution in [3.63, 3.8) is 0 Å². The number of hydrogen-bond acceptors (Lipinski definition) is 0. The SMILES string of the molecule is CC(C)c1c[nH+]cc(C(C)C)c1. The first kappa shape index (κ1) is 9.24. The second-order valence-corrected chi connectivity index (χ2v) is 3.91. The summed E-state index contributed by atoms with van der Waals surface area (Å²) in [4.78, 5) is 3.19. The largest absolute Gasteiger partial charge is 0.217 e. The van der Waals surface area contributed by atoms with Gasteiger partial charge in [0.25, 0.3) is 0 Å². The van der Waals surface area contributed by atoms with E-state index >= 15 is 0 Å². The topological polar surface area (TPSA) is 14.1 Å². The first-order valence-electron chi connectivity index (χ1n) is 4.62. The molecule has 1 N–H and O–H groups in total. The summed E-state index contributed by atoms with van der Waals surface area (Å²) in [5.41, 5.74) is 2.78. The van der Waals surface area contributed by atoms with Crippen molar-refractivity contribution >= 4 is 0 Å². The molecule has 0 unspecified atom stereocenters. The third-order valence-corrected chi connectivity index (χ3v) is 2.17. The molecule has 1 heterocycles. The van der Waals surface area contributed by atoms with E-state index in [1.165, 1.54) is 11.1 Å². The van der Waals surface area contributed by atoms with Crippen molar-refractivity contribution in [3.8, 4) is 0 Å². The highest BCUT2D eigenvalue weighted by molar-refractivity contribution is 5.20. The molecule has 0 saturated carbocycles. The first-order chi connectivity index (χ1) is 5.61. The Bertz CT molecular complexity index is 228. The smallest absolute Gasteiger partial charge is 0.170 e. The lowest BCUT2D eigenvalue weighted by Gasteiger charge is -2.05. The minimum atomic E-state index is 0.611. The number of rotatable bonds is 2. The Kier molecular flexibility index (Phi) is 2.85. The summed E-state index contributed by atoms with van der Waals surface area (Å²) in [6, 6.07) is 2.28. The fraction of sp³-hybridized carbons (Fsp3) is 0.545.